The highest BCUT2D eigenvalue weighted by molar-refractivity contribution is 6.00. The monoisotopic (exact) mass is 460 g/mol. The maximum atomic E-state index is 13.6. The Kier molecular flexibility index (Phi) is 6.72. The maximum absolute atomic E-state index is 13.6. The van der Waals surface area contributed by atoms with E-state index in [4.69, 9.17) is 9.84 Å². The Balaban J connectivity index is 1.64. The first-order valence-electron chi connectivity index (χ1n) is 11.7. The van der Waals surface area contributed by atoms with E-state index < -0.39 is 5.54 Å². The van der Waals surface area contributed by atoms with E-state index in [9.17, 15) is 9.59 Å². The molecule has 1 aliphatic heterocycles. The van der Waals surface area contributed by atoms with Crippen molar-refractivity contribution in [3.63, 3.8) is 0 Å². The van der Waals surface area contributed by atoms with Crippen molar-refractivity contribution in [3.8, 4) is 17.0 Å². The minimum atomic E-state index is -1.07. The minimum absolute atomic E-state index is 0.170. The Morgan fingerprint density at radius 3 is 2.56 bits per heavy atom. The predicted octanol–water partition coefficient (Wildman–Crippen LogP) is 4.14. The van der Waals surface area contributed by atoms with Crippen molar-refractivity contribution >= 4 is 11.8 Å². The maximum Gasteiger partial charge on any atom is 0.273 e. The fraction of sp³-hybridized carbons (Fsp3) is 0.370. The summed E-state index contributed by atoms with van der Waals surface area (Å²) in [6.45, 7) is 7.16. The number of nitrogens with one attached hydrogen (secondary N) is 1. The molecule has 178 valence electrons. The number of fused-ring (bicyclic) bond motifs is 1. The van der Waals surface area contributed by atoms with Gasteiger partial charge >= 0.3 is 0 Å². The molecule has 0 radical (unpaired) electrons. The third-order valence-electron chi connectivity index (χ3n) is 6.42. The molecule has 2 aromatic carbocycles. The molecule has 1 aliphatic rings. The van der Waals surface area contributed by atoms with E-state index in [1.165, 1.54) is 0 Å². The van der Waals surface area contributed by atoms with Gasteiger partial charge in [0.15, 0.2) is 0 Å². The van der Waals surface area contributed by atoms with Gasteiger partial charge in [0.05, 0.1) is 19.3 Å². The molecular weight excluding hydrogens is 428 g/mol. The second-order valence-electron chi connectivity index (χ2n) is 9.35. The van der Waals surface area contributed by atoms with Crippen LogP contribution in [-0.2, 0) is 17.9 Å². The second kappa shape index (κ2) is 9.71. The molecule has 0 saturated carbocycles. The third-order valence-corrected chi connectivity index (χ3v) is 6.42. The summed E-state index contributed by atoms with van der Waals surface area (Å²) in [4.78, 5) is 28.9. The number of para-hydroxylation sites is 1. The van der Waals surface area contributed by atoms with Gasteiger partial charge in [-0.3, -0.25) is 14.3 Å². The number of amides is 2. The number of hydrogen-bond donors (Lipinski definition) is 1. The van der Waals surface area contributed by atoms with Gasteiger partial charge in [-0.25, -0.2) is 0 Å². The van der Waals surface area contributed by atoms with Gasteiger partial charge < -0.3 is 15.0 Å². The van der Waals surface area contributed by atoms with Gasteiger partial charge in [0.1, 0.15) is 17.0 Å². The zero-order valence-electron chi connectivity index (χ0n) is 20.2. The molecular formula is C27H32N4O3. The molecule has 1 N–H and O–H groups in total. The van der Waals surface area contributed by atoms with Crippen LogP contribution in [0.25, 0.3) is 11.3 Å². The molecule has 34 heavy (non-hydrogen) atoms. The van der Waals surface area contributed by atoms with Crippen LogP contribution in [0.3, 0.4) is 0 Å². The average Bonchev–Trinajstić information content (AvgIpc) is 3.26. The van der Waals surface area contributed by atoms with Crippen LogP contribution in [0.2, 0.25) is 0 Å². The number of aromatic nitrogens is 2. The van der Waals surface area contributed by atoms with Crippen LogP contribution in [-0.4, -0.2) is 45.7 Å². The molecule has 7 heteroatoms. The van der Waals surface area contributed by atoms with Crippen molar-refractivity contribution in [3.05, 3.63) is 71.9 Å². The highest BCUT2D eigenvalue weighted by Crippen LogP contribution is 2.31. The lowest BCUT2D eigenvalue weighted by molar-refractivity contribution is -0.133. The van der Waals surface area contributed by atoms with E-state index in [-0.39, 0.29) is 18.4 Å². The van der Waals surface area contributed by atoms with E-state index in [1.807, 2.05) is 67.6 Å². The Labute approximate surface area is 200 Å². The Hall–Kier alpha value is -3.61. The summed E-state index contributed by atoms with van der Waals surface area (Å²) in [6.07, 6.45) is 0.806. The van der Waals surface area contributed by atoms with Gasteiger partial charge in [-0.2, -0.15) is 5.10 Å². The lowest BCUT2D eigenvalue weighted by atomic mass is 9.93. The van der Waals surface area contributed by atoms with Crippen LogP contribution in [0.15, 0.2) is 60.7 Å². The fourth-order valence-electron chi connectivity index (χ4n) is 4.34. The Bertz CT molecular complexity index is 1170. The van der Waals surface area contributed by atoms with Crippen molar-refractivity contribution in [2.75, 3.05) is 13.7 Å². The predicted molar refractivity (Wildman–Crippen MR) is 131 cm³/mol. The zero-order chi connectivity index (χ0) is 24.3. The van der Waals surface area contributed by atoms with E-state index in [2.05, 4.69) is 19.2 Å². The topological polar surface area (TPSA) is 76.5 Å². The molecule has 1 atom stereocenters. The molecule has 0 bridgehead atoms. The van der Waals surface area contributed by atoms with Crippen molar-refractivity contribution in [1.82, 2.24) is 20.0 Å². The van der Waals surface area contributed by atoms with E-state index in [0.29, 0.717) is 30.5 Å². The van der Waals surface area contributed by atoms with Gasteiger partial charge in [-0.15, -0.1) is 0 Å². The lowest BCUT2D eigenvalue weighted by Crippen LogP contribution is -2.64. The van der Waals surface area contributed by atoms with Gasteiger partial charge in [0.2, 0.25) is 5.91 Å². The molecule has 0 fully saturated rings. The molecule has 2 amide bonds. The number of hydrogen-bond acceptors (Lipinski definition) is 4. The molecule has 3 aromatic rings. The standard InChI is InChI=1S/C27H32N4O3/c1-19(2)14-15-30-25(32)23-16-22(20-10-6-5-7-11-20)29-31(23)18-27(30,3)26(33)28-17-21-12-8-9-13-24(21)34-4/h5-13,16,19H,14-15,17-18H2,1-4H3,(H,28,33). The minimum Gasteiger partial charge on any atom is -0.496 e. The molecule has 0 saturated heterocycles. The number of carbonyl (C=O) groups excluding carboxylic acids is 2. The van der Waals surface area contributed by atoms with Gasteiger partial charge in [-0.1, -0.05) is 62.4 Å². The van der Waals surface area contributed by atoms with E-state index >= 15 is 0 Å². The van der Waals surface area contributed by atoms with Crippen molar-refractivity contribution in [1.29, 1.82) is 0 Å². The number of benzene rings is 2. The second-order valence-corrected chi connectivity index (χ2v) is 9.35. The summed E-state index contributed by atoms with van der Waals surface area (Å²) < 4.78 is 7.09. The summed E-state index contributed by atoms with van der Waals surface area (Å²) in [7, 11) is 1.61. The van der Waals surface area contributed by atoms with Crippen LogP contribution in [0.4, 0.5) is 0 Å². The molecule has 0 aliphatic carbocycles. The van der Waals surface area contributed by atoms with E-state index in [1.54, 1.807) is 16.7 Å². The number of carbonyl (C=O) groups is 2. The normalized spacial score (nSPS) is 17.6. The zero-order valence-corrected chi connectivity index (χ0v) is 20.2. The highest BCUT2D eigenvalue weighted by Gasteiger charge is 2.47. The average molecular weight is 461 g/mol. The molecule has 7 nitrogen and oxygen atoms in total. The number of ether oxygens (including phenoxy) is 1. The lowest BCUT2D eigenvalue weighted by Gasteiger charge is -2.43. The van der Waals surface area contributed by atoms with Crippen molar-refractivity contribution in [2.24, 2.45) is 5.92 Å². The first-order valence-corrected chi connectivity index (χ1v) is 11.7. The number of rotatable bonds is 8. The smallest absolute Gasteiger partial charge is 0.273 e. The first-order chi connectivity index (χ1) is 16.3. The van der Waals surface area contributed by atoms with E-state index in [0.717, 1.165) is 23.2 Å². The highest BCUT2D eigenvalue weighted by atomic mass is 16.5. The SMILES string of the molecule is COc1ccccc1CNC(=O)C1(C)Cn2nc(-c3ccccc3)cc2C(=O)N1CCC(C)C. The summed E-state index contributed by atoms with van der Waals surface area (Å²) in [5, 5.41) is 7.73. The largest absolute Gasteiger partial charge is 0.496 e. The van der Waals surface area contributed by atoms with Crippen molar-refractivity contribution in [2.45, 2.75) is 45.8 Å². The summed E-state index contributed by atoms with van der Waals surface area (Å²) in [6, 6.07) is 19.2. The third kappa shape index (κ3) is 4.55. The molecule has 1 aromatic heterocycles. The Morgan fingerprint density at radius 2 is 1.85 bits per heavy atom. The summed E-state index contributed by atoms with van der Waals surface area (Å²) in [5.41, 5.74) is 1.99. The van der Waals surface area contributed by atoms with Crippen LogP contribution in [0, 0.1) is 5.92 Å². The van der Waals surface area contributed by atoms with Gasteiger partial charge in [0.25, 0.3) is 5.91 Å². The van der Waals surface area contributed by atoms with Gasteiger partial charge in [-0.05, 0) is 31.4 Å². The molecule has 1 unspecified atom stereocenters. The van der Waals surface area contributed by atoms with Crippen LogP contribution in [0.1, 0.15) is 43.2 Å². The molecule has 4 rings (SSSR count). The Morgan fingerprint density at radius 1 is 1.15 bits per heavy atom. The van der Waals surface area contributed by atoms with Crippen LogP contribution >= 0.6 is 0 Å². The fourth-order valence-corrected chi connectivity index (χ4v) is 4.34. The quantitative estimate of drug-likeness (QED) is 0.548. The summed E-state index contributed by atoms with van der Waals surface area (Å²) >= 11 is 0. The first kappa shape index (κ1) is 23.5. The van der Waals surface area contributed by atoms with Crippen LogP contribution < -0.4 is 10.1 Å². The molecule has 2 heterocycles. The molecule has 0 spiro atoms. The number of nitrogens with zero attached hydrogens (tertiary/aromatic N) is 3. The van der Waals surface area contributed by atoms with Crippen molar-refractivity contribution < 1.29 is 14.3 Å². The summed E-state index contributed by atoms with van der Waals surface area (Å²) in [5.74, 6) is 0.737. The van der Waals surface area contributed by atoms with Crippen LogP contribution in [0.5, 0.6) is 5.75 Å². The van der Waals surface area contributed by atoms with Gasteiger partial charge in [0, 0.05) is 24.2 Å². The number of methoxy groups -OCH3 is 1.